The molecule has 4 nitrogen and oxygen atoms in total. The third kappa shape index (κ3) is 4.58. The van der Waals surface area contributed by atoms with Gasteiger partial charge in [0.15, 0.2) is 5.78 Å². The monoisotopic (exact) mass is 261 g/mol. The number of allylic oxidation sites excluding steroid dienone is 1. The van der Waals surface area contributed by atoms with E-state index in [2.05, 4.69) is 11.9 Å². The van der Waals surface area contributed by atoms with E-state index in [-0.39, 0.29) is 5.78 Å². The normalized spacial score (nSPS) is 10.7. The molecule has 0 saturated carbocycles. The van der Waals surface area contributed by atoms with E-state index in [1.165, 1.54) is 6.08 Å². The van der Waals surface area contributed by atoms with E-state index in [4.69, 9.17) is 4.74 Å². The summed E-state index contributed by atoms with van der Waals surface area (Å²) in [4.78, 5) is 23.2. The Bertz CT molecular complexity index is 513. The van der Waals surface area contributed by atoms with Crippen molar-refractivity contribution in [1.29, 1.82) is 0 Å². The van der Waals surface area contributed by atoms with E-state index in [0.717, 1.165) is 5.56 Å². The summed E-state index contributed by atoms with van der Waals surface area (Å²) in [6.45, 7) is 10.6. The number of rotatable bonds is 3. The highest BCUT2D eigenvalue weighted by Crippen LogP contribution is 2.19. The van der Waals surface area contributed by atoms with E-state index in [0.29, 0.717) is 11.3 Å². The molecule has 0 unspecified atom stereocenters. The van der Waals surface area contributed by atoms with Crippen molar-refractivity contribution in [2.45, 2.75) is 33.3 Å². The lowest BCUT2D eigenvalue weighted by atomic mass is 10.1. The molecule has 0 aliphatic heterocycles. The summed E-state index contributed by atoms with van der Waals surface area (Å²) < 4.78 is 5.17. The fourth-order valence-corrected chi connectivity index (χ4v) is 1.44. The van der Waals surface area contributed by atoms with Crippen LogP contribution in [0.25, 0.3) is 0 Å². The summed E-state index contributed by atoms with van der Waals surface area (Å²) in [7, 11) is 0. The molecule has 102 valence electrons. The second-order valence-electron chi connectivity index (χ2n) is 5.22. The second-order valence-corrected chi connectivity index (χ2v) is 5.22. The zero-order valence-electron chi connectivity index (χ0n) is 11.7. The summed E-state index contributed by atoms with van der Waals surface area (Å²) >= 11 is 0. The van der Waals surface area contributed by atoms with Crippen LogP contribution in [-0.2, 0) is 4.74 Å². The van der Waals surface area contributed by atoms with Gasteiger partial charge in [-0.25, -0.2) is 4.79 Å². The Morgan fingerprint density at radius 3 is 2.47 bits per heavy atom. The maximum absolute atomic E-state index is 11.7. The first-order valence-electron chi connectivity index (χ1n) is 6.00. The summed E-state index contributed by atoms with van der Waals surface area (Å²) in [5, 5.41) is 2.64. The number of carbonyl (C=O) groups excluding carboxylic acids is 2. The Balaban J connectivity index is 2.91. The van der Waals surface area contributed by atoms with Crippen LogP contribution in [-0.4, -0.2) is 17.5 Å². The van der Waals surface area contributed by atoms with Gasteiger partial charge in [-0.05, 0) is 45.4 Å². The van der Waals surface area contributed by atoms with E-state index in [9.17, 15) is 9.59 Å². The first kappa shape index (κ1) is 15.0. The summed E-state index contributed by atoms with van der Waals surface area (Å²) in [6.07, 6.45) is 0.695. The number of benzene rings is 1. The van der Waals surface area contributed by atoms with E-state index < -0.39 is 11.7 Å². The van der Waals surface area contributed by atoms with E-state index >= 15 is 0 Å². The van der Waals surface area contributed by atoms with Crippen molar-refractivity contribution in [3.63, 3.8) is 0 Å². The van der Waals surface area contributed by atoms with Crippen molar-refractivity contribution in [2.24, 2.45) is 0 Å². The average molecular weight is 261 g/mol. The van der Waals surface area contributed by atoms with Crippen molar-refractivity contribution in [1.82, 2.24) is 0 Å². The van der Waals surface area contributed by atoms with Gasteiger partial charge in [0.25, 0.3) is 0 Å². The van der Waals surface area contributed by atoms with Crippen LogP contribution in [0, 0.1) is 6.92 Å². The Kier molecular flexibility index (Phi) is 4.48. The third-order valence-electron chi connectivity index (χ3n) is 2.34. The molecule has 0 aromatic heterocycles. The van der Waals surface area contributed by atoms with Gasteiger partial charge in [-0.2, -0.15) is 0 Å². The fraction of sp³-hybridized carbons (Fsp3) is 0.333. The minimum Gasteiger partial charge on any atom is -0.444 e. The largest absolute Gasteiger partial charge is 0.444 e. The molecule has 4 heteroatoms. The number of hydrogen-bond acceptors (Lipinski definition) is 3. The quantitative estimate of drug-likeness (QED) is 0.666. The first-order valence-corrected chi connectivity index (χ1v) is 6.00. The molecular weight excluding hydrogens is 242 g/mol. The lowest BCUT2D eigenvalue weighted by molar-refractivity contribution is 0.0635. The molecule has 1 aromatic rings. The average Bonchev–Trinajstić information content (AvgIpc) is 2.28. The lowest BCUT2D eigenvalue weighted by Gasteiger charge is -2.20. The SMILES string of the molecule is C=CC(=O)c1ccc(C)c(NC(=O)OC(C)(C)C)c1. The van der Waals surface area contributed by atoms with Crippen LogP contribution in [0.3, 0.4) is 0 Å². The minimum atomic E-state index is -0.563. The number of anilines is 1. The van der Waals surface area contributed by atoms with Crippen molar-refractivity contribution in [3.8, 4) is 0 Å². The van der Waals surface area contributed by atoms with Crippen LogP contribution in [0.15, 0.2) is 30.9 Å². The third-order valence-corrected chi connectivity index (χ3v) is 2.34. The molecule has 1 amide bonds. The number of nitrogens with one attached hydrogen (secondary N) is 1. The van der Waals surface area contributed by atoms with Crippen molar-refractivity contribution in [3.05, 3.63) is 42.0 Å². The van der Waals surface area contributed by atoms with Gasteiger partial charge < -0.3 is 4.74 Å². The number of carbonyl (C=O) groups is 2. The van der Waals surface area contributed by atoms with Gasteiger partial charge in [0.2, 0.25) is 0 Å². The molecule has 0 aliphatic carbocycles. The smallest absolute Gasteiger partial charge is 0.412 e. The standard InChI is InChI=1S/C15H19NO3/c1-6-13(17)11-8-7-10(2)12(9-11)16-14(18)19-15(3,4)5/h6-9H,1H2,2-5H3,(H,16,18). The predicted octanol–water partition coefficient (Wildman–Crippen LogP) is 3.71. The van der Waals surface area contributed by atoms with E-state index in [1.54, 1.807) is 39.0 Å². The van der Waals surface area contributed by atoms with Crippen molar-refractivity contribution in [2.75, 3.05) is 5.32 Å². The van der Waals surface area contributed by atoms with Gasteiger partial charge >= 0.3 is 6.09 Å². The van der Waals surface area contributed by atoms with Gasteiger partial charge in [0.05, 0.1) is 0 Å². The van der Waals surface area contributed by atoms with Gasteiger partial charge in [-0.15, -0.1) is 0 Å². The van der Waals surface area contributed by atoms with E-state index in [1.807, 2.05) is 6.92 Å². The zero-order chi connectivity index (χ0) is 14.6. The van der Waals surface area contributed by atoms with Gasteiger partial charge in [0.1, 0.15) is 5.60 Å². The summed E-state index contributed by atoms with van der Waals surface area (Å²) in [5.41, 5.74) is 1.33. The Morgan fingerprint density at radius 1 is 1.32 bits per heavy atom. The first-order chi connectivity index (χ1) is 8.73. The minimum absolute atomic E-state index is 0.188. The molecule has 0 heterocycles. The molecule has 0 bridgehead atoms. The fourth-order valence-electron chi connectivity index (χ4n) is 1.44. The van der Waals surface area contributed by atoms with Crippen molar-refractivity contribution >= 4 is 17.6 Å². The maximum atomic E-state index is 11.7. The van der Waals surface area contributed by atoms with Crippen LogP contribution >= 0.6 is 0 Å². The maximum Gasteiger partial charge on any atom is 0.412 e. The van der Waals surface area contributed by atoms with Crippen LogP contribution < -0.4 is 5.32 Å². The van der Waals surface area contributed by atoms with Gasteiger partial charge in [0, 0.05) is 11.3 Å². The van der Waals surface area contributed by atoms with Gasteiger partial charge in [-0.1, -0.05) is 18.7 Å². The summed E-state index contributed by atoms with van der Waals surface area (Å²) in [6, 6.07) is 5.08. The zero-order valence-corrected chi connectivity index (χ0v) is 11.7. The Labute approximate surface area is 113 Å². The van der Waals surface area contributed by atoms with Crippen LogP contribution in [0.2, 0.25) is 0 Å². The number of ether oxygens (including phenoxy) is 1. The molecule has 0 saturated heterocycles. The molecule has 19 heavy (non-hydrogen) atoms. The highest BCUT2D eigenvalue weighted by Gasteiger charge is 2.17. The topological polar surface area (TPSA) is 55.4 Å². The molecule has 0 aliphatic rings. The number of hydrogen-bond donors (Lipinski definition) is 1. The molecule has 0 atom stereocenters. The molecule has 0 radical (unpaired) electrons. The Hall–Kier alpha value is -2.10. The highest BCUT2D eigenvalue weighted by atomic mass is 16.6. The second kappa shape index (κ2) is 5.69. The van der Waals surface area contributed by atoms with Crippen molar-refractivity contribution < 1.29 is 14.3 Å². The van der Waals surface area contributed by atoms with Gasteiger partial charge in [-0.3, -0.25) is 10.1 Å². The predicted molar refractivity (Wildman–Crippen MR) is 75.6 cm³/mol. The molecular formula is C15H19NO3. The molecule has 1 aromatic carbocycles. The summed E-state index contributed by atoms with van der Waals surface area (Å²) in [5.74, 6) is -0.188. The number of ketones is 1. The van der Waals surface area contributed by atoms with Crippen LogP contribution in [0.1, 0.15) is 36.7 Å². The molecule has 1 N–H and O–H groups in total. The Morgan fingerprint density at radius 2 is 1.95 bits per heavy atom. The molecule has 1 rings (SSSR count). The molecule has 0 fully saturated rings. The highest BCUT2D eigenvalue weighted by molar-refractivity contribution is 6.05. The molecule has 0 spiro atoms. The number of aryl methyl sites for hydroxylation is 1. The van der Waals surface area contributed by atoms with Crippen LogP contribution in [0.5, 0.6) is 0 Å². The lowest BCUT2D eigenvalue weighted by Crippen LogP contribution is -2.27. The van der Waals surface area contributed by atoms with Crippen LogP contribution in [0.4, 0.5) is 10.5 Å². The number of amides is 1.